The molecule has 3 nitrogen and oxygen atoms in total. The predicted octanol–water partition coefficient (Wildman–Crippen LogP) is 2.65. The van der Waals surface area contributed by atoms with Gasteiger partial charge in [0.15, 0.2) is 0 Å². The van der Waals surface area contributed by atoms with E-state index in [-0.39, 0.29) is 0 Å². The highest BCUT2D eigenvalue weighted by atomic mass is 16.5. The van der Waals surface area contributed by atoms with Crippen LogP contribution in [0.15, 0.2) is 0 Å². The van der Waals surface area contributed by atoms with Crippen LogP contribution in [0.1, 0.15) is 52.9 Å². The van der Waals surface area contributed by atoms with Crippen LogP contribution >= 0.6 is 0 Å². The molecule has 0 amide bonds. The molecule has 1 fully saturated rings. The maximum absolute atomic E-state index is 5.47. The van der Waals surface area contributed by atoms with Crippen molar-refractivity contribution in [2.45, 2.75) is 71.1 Å². The number of hydrogen-bond donors (Lipinski definition) is 1. The third kappa shape index (κ3) is 4.52. The van der Waals surface area contributed by atoms with Crippen molar-refractivity contribution in [1.29, 1.82) is 0 Å². The summed E-state index contributed by atoms with van der Waals surface area (Å²) in [6, 6.07) is 1.35. The van der Waals surface area contributed by atoms with E-state index < -0.39 is 0 Å². The predicted molar refractivity (Wildman–Crippen MR) is 78.1 cm³/mol. The van der Waals surface area contributed by atoms with Crippen LogP contribution in [-0.2, 0) is 4.74 Å². The fourth-order valence-corrected chi connectivity index (χ4v) is 3.24. The summed E-state index contributed by atoms with van der Waals surface area (Å²) in [7, 11) is 1.84. The monoisotopic (exact) mass is 256 g/mol. The summed E-state index contributed by atoms with van der Waals surface area (Å²) in [6.45, 7) is 10.3. The first-order chi connectivity index (χ1) is 8.76. The lowest BCUT2D eigenvalue weighted by atomic mass is 9.96. The molecule has 1 aliphatic rings. The van der Waals surface area contributed by atoms with Gasteiger partial charge < -0.3 is 10.1 Å². The van der Waals surface area contributed by atoms with Gasteiger partial charge in [-0.1, -0.05) is 27.2 Å². The molecule has 18 heavy (non-hydrogen) atoms. The number of likely N-dealkylation sites (N-methyl/N-ethyl adjacent to an activating group) is 1. The van der Waals surface area contributed by atoms with Gasteiger partial charge in [0.05, 0.1) is 6.10 Å². The number of methoxy groups -OCH3 is 1. The number of rotatable bonds is 8. The molecule has 3 heteroatoms. The lowest BCUT2D eigenvalue weighted by Gasteiger charge is -2.41. The quantitative estimate of drug-likeness (QED) is 0.722. The summed E-state index contributed by atoms with van der Waals surface area (Å²) < 4.78 is 5.47. The molecular formula is C15H32N2O. The number of piperidine rings is 1. The van der Waals surface area contributed by atoms with Crippen LogP contribution in [0.2, 0.25) is 0 Å². The Hall–Kier alpha value is -0.120. The maximum Gasteiger partial charge on any atom is 0.0595 e. The molecule has 0 saturated carbocycles. The van der Waals surface area contributed by atoms with E-state index in [1.54, 1.807) is 0 Å². The van der Waals surface area contributed by atoms with Gasteiger partial charge in [0.25, 0.3) is 0 Å². The van der Waals surface area contributed by atoms with Crippen LogP contribution in [0.3, 0.4) is 0 Å². The highest BCUT2D eigenvalue weighted by Crippen LogP contribution is 2.20. The highest BCUT2D eigenvalue weighted by molar-refractivity contribution is 4.86. The van der Waals surface area contributed by atoms with Crippen LogP contribution in [0.25, 0.3) is 0 Å². The van der Waals surface area contributed by atoms with Crippen molar-refractivity contribution in [2.24, 2.45) is 0 Å². The molecule has 2 atom stereocenters. The van der Waals surface area contributed by atoms with E-state index >= 15 is 0 Å². The molecule has 1 N–H and O–H groups in total. The Kier molecular flexibility index (Phi) is 7.87. The average molecular weight is 256 g/mol. The van der Waals surface area contributed by atoms with Crippen molar-refractivity contribution < 1.29 is 4.74 Å². The summed E-state index contributed by atoms with van der Waals surface area (Å²) in [5.74, 6) is 0. The lowest BCUT2D eigenvalue weighted by molar-refractivity contribution is 0.0191. The first-order valence-electron chi connectivity index (χ1n) is 7.76. The van der Waals surface area contributed by atoms with Gasteiger partial charge in [0.2, 0.25) is 0 Å². The zero-order chi connectivity index (χ0) is 13.4. The van der Waals surface area contributed by atoms with Gasteiger partial charge in [0.1, 0.15) is 0 Å². The van der Waals surface area contributed by atoms with Crippen molar-refractivity contribution in [3.05, 3.63) is 0 Å². The Labute approximate surface area is 113 Å². The molecule has 1 saturated heterocycles. The minimum atomic E-state index is 0.488. The Morgan fingerprint density at radius 1 is 1.22 bits per heavy atom. The third-order valence-electron chi connectivity index (χ3n) is 4.23. The summed E-state index contributed by atoms with van der Waals surface area (Å²) in [4.78, 5) is 2.68. The Morgan fingerprint density at radius 3 is 2.33 bits per heavy atom. The van der Waals surface area contributed by atoms with Gasteiger partial charge in [-0.05, 0) is 32.2 Å². The zero-order valence-electron chi connectivity index (χ0n) is 12.7. The molecule has 0 aliphatic carbocycles. The molecule has 1 heterocycles. The summed E-state index contributed by atoms with van der Waals surface area (Å²) in [5.41, 5.74) is 0. The van der Waals surface area contributed by atoms with Crippen LogP contribution < -0.4 is 5.32 Å². The Bertz CT molecular complexity index is 197. The van der Waals surface area contributed by atoms with Crippen LogP contribution in [0.5, 0.6) is 0 Å². The second-order valence-corrected chi connectivity index (χ2v) is 5.40. The number of ether oxygens (including phenoxy) is 1. The van der Waals surface area contributed by atoms with Crippen LogP contribution in [0, 0.1) is 0 Å². The standard InChI is InChI=1S/C15H32N2O/c1-5-8-14(16-7-3)15(6-2)17-11-9-13(18-4)10-12-17/h13-16H,5-12H2,1-4H3. The van der Waals surface area contributed by atoms with E-state index in [0.29, 0.717) is 18.2 Å². The van der Waals surface area contributed by atoms with E-state index in [1.807, 2.05) is 7.11 Å². The zero-order valence-corrected chi connectivity index (χ0v) is 12.7. The molecule has 0 aromatic rings. The van der Waals surface area contributed by atoms with Gasteiger partial charge in [-0.25, -0.2) is 0 Å². The molecule has 0 aromatic heterocycles. The first kappa shape index (κ1) is 15.9. The second-order valence-electron chi connectivity index (χ2n) is 5.40. The smallest absolute Gasteiger partial charge is 0.0595 e. The first-order valence-corrected chi connectivity index (χ1v) is 7.76. The van der Waals surface area contributed by atoms with E-state index in [2.05, 4.69) is 31.0 Å². The summed E-state index contributed by atoms with van der Waals surface area (Å²) in [5, 5.41) is 3.68. The average Bonchev–Trinajstić information content (AvgIpc) is 2.41. The molecule has 108 valence electrons. The van der Waals surface area contributed by atoms with Crippen molar-refractivity contribution in [3.8, 4) is 0 Å². The van der Waals surface area contributed by atoms with Gasteiger partial charge >= 0.3 is 0 Å². The number of nitrogens with zero attached hydrogens (tertiary/aromatic N) is 1. The minimum absolute atomic E-state index is 0.488. The van der Waals surface area contributed by atoms with E-state index in [1.165, 1.54) is 45.2 Å². The van der Waals surface area contributed by atoms with E-state index in [4.69, 9.17) is 4.74 Å². The molecule has 1 rings (SSSR count). The van der Waals surface area contributed by atoms with Crippen molar-refractivity contribution in [1.82, 2.24) is 10.2 Å². The topological polar surface area (TPSA) is 24.5 Å². The molecular weight excluding hydrogens is 224 g/mol. The number of nitrogens with one attached hydrogen (secondary N) is 1. The summed E-state index contributed by atoms with van der Waals surface area (Å²) >= 11 is 0. The van der Waals surface area contributed by atoms with Gasteiger partial charge in [-0.2, -0.15) is 0 Å². The molecule has 0 bridgehead atoms. The molecule has 0 spiro atoms. The largest absolute Gasteiger partial charge is 0.381 e. The van der Waals surface area contributed by atoms with Gasteiger partial charge in [-0.3, -0.25) is 4.90 Å². The SMILES string of the molecule is CCCC(NCC)C(CC)N1CCC(OC)CC1. The molecule has 1 aliphatic heterocycles. The van der Waals surface area contributed by atoms with E-state index in [0.717, 1.165) is 6.54 Å². The van der Waals surface area contributed by atoms with Gasteiger partial charge in [0, 0.05) is 32.3 Å². The Morgan fingerprint density at radius 2 is 1.89 bits per heavy atom. The fourth-order valence-electron chi connectivity index (χ4n) is 3.24. The number of hydrogen-bond acceptors (Lipinski definition) is 3. The minimum Gasteiger partial charge on any atom is -0.381 e. The van der Waals surface area contributed by atoms with Crippen molar-refractivity contribution >= 4 is 0 Å². The fraction of sp³-hybridized carbons (Fsp3) is 1.00. The maximum atomic E-state index is 5.47. The molecule has 2 unspecified atom stereocenters. The van der Waals surface area contributed by atoms with Crippen molar-refractivity contribution in [3.63, 3.8) is 0 Å². The Balaban J connectivity index is 2.52. The van der Waals surface area contributed by atoms with Gasteiger partial charge in [-0.15, -0.1) is 0 Å². The highest BCUT2D eigenvalue weighted by Gasteiger charge is 2.28. The van der Waals surface area contributed by atoms with Crippen molar-refractivity contribution in [2.75, 3.05) is 26.7 Å². The second kappa shape index (κ2) is 8.89. The third-order valence-corrected chi connectivity index (χ3v) is 4.23. The van der Waals surface area contributed by atoms with Crippen LogP contribution in [-0.4, -0.2) is 49.8 Å². The molecule has 0 aromatic carbocycles. The lowest BCUT2D eigenvalue weighted by Crippen LogP contribution is -2.52. The normalized spacial score (nSPS) is 22.0. The van der Waals surface area contributed by atoms with Crippen LogP contribution in [0.4, 0.5) is 0 Å². The summed E-state index contributed by atoms with van der Waals surface area (Å²) in [6.07, 6.45) is 6.67. The number of likely N-dealkylation sites (tertiary alicyclic amines) is 1. The molecule has 0 radical (unpaired) electrons. The van der Waals surface area contributed by atoms with E-state index in [9.17, 15) is 0 Å².